The Kier molecular flexibility index (Phi) is 3.01. The highest BCUT2D eigenvalue weighted by Crippen LogP contribution is 2.27. The molecule has 0 aliphatic carbocycles. The highest BCUT2D eigenvalue weighted by Gasteiger charge is 2.33. The van der Waals surface area contributed by atoms with Crippen LogP contribution in [0.1, 0.15) is 5.69 Å². The standard InChI is InChI=1S/C8H10F3N3O/c1-13(2)7(15)5-14-4-3-6(12-14)8(9,10)11/h3-4H,5H2,1-2H3. The second-order valence-electron chi connectivity index (χ2n) is 3.18. The molecular formula is C8H10F3N3O. The molecule has 84 valence electrons. The van der Waals surface area contributed by atoms with Gasteiger partial charge < -0.3 is 4.90 Å². The summed E-state index contributed by atoms with van der Waals surface area (Å²) in [5.74, 6) is -0.313. The lowest BCUT2D eigenvalue weighted by Gasteiger charge is -2.09. The number of aromatic nitrogens is 2. The predicted molar refractivity (Wildman–Crippen MR) is 45.9 cm³/mol. The molecule has 0 aliphatic rings. The lowest BCUT2D eigenvalue weighted by atomic mass is 10.4. The van der Waals surface area contributed by atoms with E-state index in [0.29, 0.717) is 0 Å². The van der Waals surface area contributed by atoms with Crippen LogP contribution in [0.25, 0.3) is 0 Å². The first-order valence-corrected chi connectivity index (χ1v) is 4.11. The number of hydrogen-bond acceptors (Lipinski definition) is 2. The van der Waals surface area contributed by atoms with Gasteiger partial charge in [-0.2, -0.15) is 18.3 Å². The van der Waals surface area contributed by atoms with Crippen LogP contribution in [0, 0.1) is 0 Å². The second-order valence-corrected chi connectivity index (χ2v) is 3.18. The zero-order valence-corrected chi connectivity index (χ0v) is 8.25. The van der Waals surface area contributed by atoms with Crippen LogP contribution < -0.4 is 0 Å². The quantitative estimate of drug-likeness (QED) is 0.746. The van der Waals surface area contributed by atoms with Crippen LogP contribution in [0.5, 0.6) is 0 Å². The Morgan fingerprint density at radius 3 is 2.53 bits per heavy atom. The summed E-state index contributed by atoms with van der Waals surface area (Å²) in [6.45, 7) is -0.191. The maximum Gasteiger partial charge on any atom is 0.435 e. The summed E-state index contributed by atoms with van der Waals surface area (Å²) in [5, 5.41) is 3.25. The van der Waals surface area contributed by atoms with Gasteiger partial charge >= 0.3 is 6.18 Å². The fourth-order valence-electron chi connectivity index (χ4n) is 0.881. The molecule has 0 unspecified atom stereocenters. The van der Waals surface area contributed by atoms with Crippen LogP contribution in [0.2, 0.25) is 0 Å². The summed E-state index contributed by atoms with van der Waals surface area (Å²) < 4.78 is 37.3. The van der Waals surface area contributed by atoms with E-state index in [1.54, 1.807) is 0 Å². The average Bonchev–Trinajstić information content (AvgIpc) is 2.51. The monoisotopic (exact) mass is 221 g/mol. The zero-order chi connectivity index (χ0) is 11.6. The summed E-state index contributed by atoms with van der Waals surface area (Å²) in [7, 11) is 3.05. The van der Waals surface area contributed by atoms with E-state index in [1.165, 1.54) is 19.0 Å². The van der Waals surface area contributed by atoms with Gasteiger partial charge in [0, 0.05) is 20.3 Å². The summed E-state index contributed by atoms with van der Waals surface area (Å²) in [6.07, 6.45) is -3.34. The van der Waals surface area contributed by atoms with Crippen LogP contribution in [0.15, 0.2) is 12.3 Å². The normalized spacial score (nSPS) is 11.5. The SMILES string of the molecule is CN(C)C(=O)Cn1ccc(C(F)(F)F)n1. The van der Waals surface area contributed by atoms with Gasteiger partial charge in [0.05, 0.1) is 0 Å². The third-order valence-electron chi connectivity index (χ3n) is 1.73. The summed E-state index contributed by atoms with van der Waals surface area (Å²) in [5.41, 5.74) is -0.992. The number of rotatable bonds is 2. The van der Waals surface area contributed by atoms with Gasteiger partial charge in [-0.05, 0) is 6.07 Å². The molecule has 1 aromatic rings. The van der Waals surface area contributed by atoms with E-state index in [4.69, 9.17) is 0 Å². The van der Waals surface area contributed by atoms with E-state index in [9.17, 15) is 18.0 Å². The van der Waals surface area contributed by atoms with Crippen LogP contribution in [0.4, 0.5) is 13.2 Å². The van der Waals surface area contributed by atoms with Crippen molar-refractivity contribution in [1.29, 1.82) is 0 Å². The summed E-state index contributed by atoms with van der Waals surface area (Å²) in [6, 6.07) is 0.836. The summed E-state index contributed by atoms with van der Waals surface area (Å²) in [4.78, 5) is 12.4. The molecule has 0 bridgehead atoms. The number of nitrogens with zero attached hydrogens (tertiary/aromatic N) is 3. The Hall–Kier alpha value is -1.53. The third-order valence-corrected chi connectivity index (χ3v) is 1.73. The molecule has 1 aromatic heterocycles. The van der Waals surface area contributed by atoms with Crippen LogP contribution in [-0.4, -0.2) is 34.7 Å². The minimum Gasteiger partial charge on any atom is -0.347 e. The van der Waals surface area contributed by atoms with Gasteiger partial charge in [0.15, 0.2) is 5.69 Å². The van der Waals surface area contributed by atoms with E-state index in [-0.39, 0.29) is 12.5 Å². The van der Waals surface area contributed by atoms with Crippen molar-refractivity contribution in [3.63, 3.8) is 0 Å². The maximum atomic E-state index is 12.1. The second kappa shape index (κ2) is 3.92. The fraction of sp³-hybridized carbons (Fsp3) is 0.500. The number of amides is 1. The molecule has 0 atom stereocenters. The molecule has 7 heteroatoms. The predicted octanol–water partition coefficient (Wildman–Crippen LogP) is 0.990. The molecule has 0 saturated heterocycles. The van der Waals surface area contributed by atoms with Crippen molar-refractivity contribution in [2.75, 3.05) is 14.1 Å². The molecular weight excluding hydrogens is 211 g/mol. The number of alkyl halides is 3. The summed E-state index contributed by atoms with van der Waals surface area (Å²) >= 11 is 0. The number of likely N-dealkylation sites (N-methyl/N-ethyl adjacent to an activating group) is 1. The first-order valence-electron chi connectivity index (χ1n) is 4.11. The Labute approximate surface area is 84.3 Å². The highest BCUT2D eigenvalue weighted by molar-refractivity contribution is 5.75. The molecule has 1 rings (SSSR count). The molecule has 0 aliphatic heterocycles. The van der Waals surface area contributed by atoms with E-state index in [1.807, 2.05) is 0 Å². The van der Waals surface area contributed by atoms with Gasteiger partial charge in [0.25, 0.3) is 0 Å². The number of carbonyl (C=O) groups excluding carboxylic acids is 1. The molecule has 15 heavy (non-hydrogen) atoms. The van der Waals surface area contributed by atoms with Crippen LogP contribution in [-0.2, 0) is 17.5 Å². The van der Waals surface area contributed by atoms with Crippen molar-refractivity contribution in [3.8, 4) is 0 Å². The van der Waals surface area contributed by atoms with E-state index in [2.05, 4.69) is 5.10 Å². The molecule has 1 amide bonds. The van der Waals surface area contributed by atoms with Gasteiger partial charge in [0.1, 0.15) is 6.54 Å². The first kappa shape index (κ1) is 11.5. The van der Waals surface area contributed by atoms with E-state index < -0.39 is 11.9 Å². The van der Waals surface area contributed by atoms with E-state index in [0.717, 1.165) is 16.9 Å². The van der Waals surface area contributed by atoms with Gasteiger partial charge in [-0.15, -0.1) is 0 Å². The van der Waals surface area contributed by atoms with Crippen molar-refractivity contribution in [2.24, 2.45) is 0 Å². The lowest BCUT2D eigenvalue weighted by Crippen LogP contribution is -2.26. The topological polar surface area (TPSA) is 38.1 Å². The minimum absolute atomic E-state index is 0.191. The lowest BCUT2D eigenvalue weighted by molar-refractivity contribution is -0.142. The molecule has 0 aromatic carbocycles. The molecule has 0 spiro atoms. The molecule has 1 heterocycles. The first-order chi connectivity index (χ1) is 6.80. The molecule has 0 fully saturated rings. The Balaban J connectivity index is 2.73. The minimum atomic E-state index is -4.47. The van der Waals surface area contributed by atoms with Crippen molar-refractivity contribution >= 4 is 5.91 Å². The van der Waals surface area contributed by atoms with Crippen molar-refractivity contribution < 1.29 is 18.0 Å². The largest absolute Gasteiger partial charge is 0.435 e. The highest BCUT2D eigenvalue weighted by atomic mass is 19.4. The molecule has 4 nitrogen and oxygen atoms in total. The number of carbonyl (C=O) groups is 1. The van der Waals surface area contributed by atoms with Crippen molar-refractivity contribution in [3.05, 3.63) is 18.0 Å². The fourth-order valence-corrected chi connectivity index (χ4v) is 0.881. The number of hydrogen-bond donors (Lipinski definition) is 0. The van der Waals surface area contributed by atoms with Crippen molar-refractivity contribution in [2.45, 2.75) is 12.7 Å². The number of halogens is 3. The van der Waals surface area contributed by atoms with Gasteiger partial charge in [-0.25, -0.2) is 0 Å². The Morgan fingerprint density at radius 2 is 2.13 bits per heavy atom. The van der Waals surface area contributed by atoms with Crippen molar-refractivity contribution in [1.82, 2.24) is 14.7 Å². The Morgan fingerprint density at radius 1 is 1.53 bits per heavy atom. The van der Waals surface area contributed by atoms with Gasteiger partial charge in [0.2, 0.25) is 5.91 Å². The smallest absolute Gasteiger partial charge is 0.347 e. The Bertz CT molecular complexity index is 356. The third kappa shape index (κ3) is 2.97. The van der Waals surface area contributed by atoms with Gasteiger partial charge in [-0.3, -0.25) is 9.48 Å². The average molecular weight is 221 g/mol. The van der Waals surface area contributed by atoms with Gasteiger partial charge in [-0.1, -0.05) is 0 Å². The van der Waals surface area contributed by atoms with E-state index >= 15 is 0 Å². The maximum absolute atomic E-state index is 12.1. The zero-order valence-electron chi connectivity index (χ0n) is 8.25. The molecule has 0 radical (unpaired) electrons. The van der Waals surface area contributed by atoms with Crippen LogP contribution >= 0.6 is 0 Å². The molecule has 0 saturated carbocycles. The molecule has 0 N–H and O–H groups in total. The van der Waals surface area contributed by atoms with Crippen LogP contribution in [0.3, 0.4) is 0 Å².